The lowest BCUT2D eigenvalue weighted by atomic mass is 9.97. The molecule has 0 unspecified atom stereocenters. The van der Waals surface area contributed by atoms with E-state index in [4.69, 9.17) is 30.6 Å². The molecule has 0 aliphatic carbocycles. The predicted molar refractivity (Wildman–Crippen MR) is 140 cm³/mol. The maximum absolute atomic E-state index is 12.5. The molecule has 0 fully saturated rings. The Balaban J connectivity index is 1.29. The van der Waals surface area contributed by atoms with Gasteiger partial charge in [-0.15, -0.1) is 0 Å². The van der Waals surface area contributed by atoms with Gasteiger partial charge in [0.15, 0.2) is 0 Å². The van der Waals surface area contributed by atoms with Crippen molar-refractivity contribution in [1.29, 1.82) is 0 Å². The summed E-state index contributed by atoms with van der Waals surface area (Å²) < 4.78 is 18.7. The summed E-state index contributed by atoms with van der Waals surface area (Å²) in [4.78, 5) is 12.5. The Morgan fingerprint density at radius 1 is 1.06 bits per heavy atom. The summed E-state index contributed by atoms with van der Waals surface area (Å²) >= 11 is 9.68. The summed E-state index contributed by atoms with van der Waals surface area (Å²) in [7, 11) is 0. The van der Waals surface area contributed by atoms with E-state index >= 15 is 0 Å². The first-order valence-electron chi connectivity index (χ1n) is 11.4. The number of carbonyl (C=O) groups is 1. The molecule has 4 aromatic rings. The summed E-state index contributed by atoms with van der Waals surface area (Å²) in [6, 6.07) is 23.8. The molecule has 180 valence electrons. The lowest BCUT2D eigenvalue weighted by molar-refractivity contribution is -0.0190. The Morgan fingerprint density at radius 3 is 2.56 bits per heavy atom. The molecule has 0 saturated carbocycles. The van der Waals surface area contributed by atoms with Crippen molar-refractivity contribution in [2.45, 2.75) is 25.6 Å². The van der Waals surface area contributed by atoms with Crippen LogP contribution in [0.1, 0.15) is 51.7 Å². The van der Waals surface area contributed by atoms with Gasteiger partial charge in [-0.1, -0.05) is 27.5 Å². The van der Waals surface area contributed by atoms with Crippen LogP contribution in [0.15, 0.2) is 92.9 Å². The molecule has 6 rings (SSSR count). The van der Waals surface area contributed by atoms with Crippen molar-refractivity contribution >= 4 is 39.2 Å². The molecule has 0 saturated heterocycles. The maximum Gasteiger partial charge on any atom is 0.343 e. The van der Waals surface area contributed by atoms with Crippen molar-refractivity contribution in [1.82, 2.24) is 5.01 Å². The lowest BCUT2D eigenvalue weighted by Gasteiger charge is -2.38. The van der Waals surface area contributed by atoms with E-state index in [1.165, 1.54) is 0 Å². The van der Waals surface area contributed by atoms with Crippen LogP contribution in [0.3, 0.4) is 0 Å². The van der Waals surface area contributed by atoms with Crippen LogP contribution in [0.4, 0.5) is 0 Å². The number of ether oxygens (including phenoxy) is 2. The Labute approximate surface area is 221 Å². The maximum atomic E-state index is 12.5. The van der Waals surface area contributed by atoms with Crippen LogP contribution in [0, 0.1) is 6.92 Å². The average Bonchev–Trinajstić information content (AvgIpc) is 3.51. The average molecular weight is 564 g/mol. The number of benzene rings is 3. The molecule has 8 heteroatoms. The van der Waals surface area contributed by atoms with E-state index in [-0.39, 0.29) is 6.04 Å². The molecule has 0 N–H and O–H groups in total. The Morgan fingerprint density at radius 2 is 1.83 bits per heavy atom. The number of esters is 1. The molecular formula is C28H20BrClN2O4. The number of nitrogens with zero attached hydrogens (tertiary/aromatic N) is 2. The highest BCUT2D eigenvalue weighted by atomic mass is 79.9. The largest absolute Gasteiger partial charge is 0.464 e. The summed E-state index contributed by atoms with van der Waals surface area (Å²) in [5.74, 6) is 2.38. The molecule has 1 aromatic heterocycles. The minimum absolute atomic E-state index is 0.0484. The van der Waals surface area contributed by atoms with Crippen LogP contribution in [0.25, 0.3) is 0 Å². The van der Waals surface area contributed by atoms with Gasteiger partial charge in [-0.05, 0) is 85.8 Å². The highest BCUT2D eigenvalue weighted by Crippen LogP contribution is 2.48. The third kappa shape index (κ3) is 4.29. The summed E-state index contributed by atoms with van der Waals surface area (Å²) in [5, 5.41) is 7.50. The molecule has 0 radical (unpaired) electrons. The minimum Gasteiger partial charge on any atom is -0.464 e. The van der Waals surface area contributed by atoms with E-state index < -0.39 is 12.2 Å². The molecule has 2 aliphatic rings. The molecule has 36 heavy (non-hydrogen) atoms. The number of hydrogen-bond acceptors (Lipinski definition) is 6. The highest BCUT2D eigenvalue weighted by molar-refractivity contribution is 9.10. The fourth-order valence-corrected chi connectivity index (χ4v) is 4.91. The third-order valence-corrected chi connectivity index (χ3v) is 7.00. The molecule has 2 atom stereocenters. The van der Waals surface area contributed by atoms with Gasteiger partial charge in [0.1, 0.15) is 28.7 Å². The topological polar surface area (TPSA) is 64.3 Å². The minimum atomic E-state index is -0.464. The predicted octanol–water partition coefficient (Wildman–Crippen LogP) is 7.47. The first-order valence-corrected chi connectivity index (χ1v) is 12.6. The molecule has 0 spiro atoms. The van der Waals surface area contributed by atoms with Crippen LogP contribution >= 0.6 is 27.5 Å². The van der Waals surface area contributed by atoms with Gasteiger partial charge in [-0.2, -0.15) is 5.10 Å². The smallest absolute Gasteiger partial charge is 0.343 e. The van der Waals surface area contributed by atoms with Gasteiger partial charge in [-0.3, -0.25) is 0 Å². The zero-order chi connectivity index (χ0) is 24.8. The fourth-order valence-electron chi connectivity index (χ4n) is 4.47. The van der Waals surface area contributed by atoms with Gasteiger partial charge in [0.2, 0.25) is 6.23 Å². The van der Waals surface area contributed by atoms with Gasteiger partial charge in [0.05, 0.1) is 11.6 Å². The molecule has 6 nitrogen and oxygen atoms in total. The molecule has 2 aliphatic heterocycles. The van der Waals surface area contributed by atoms with E-state index in [1.807, 2.05) is 54.4 Å². The summed E-state index contributed by atoms with van der Waals surface area (Å²) in [6.45, 7) is 1.92. The molecule has 0 amide bonds. The Hall–Kier alpha value is -3.55. The van der Waals surface area contributed by atoms with Crippen LogP contribution in [-0.4, -0.2) is 16.7 Å². The number of furan rings is 1. The monoisotopic (exact) mass is 562 g/mol. The SMILES string of the molecule is Cc1ccc(C2=NN3[C@H](C2)c2cc(Cl)ccc2O[C@H]3c2ccc(OC(=O)c3ccc(Br)cc3)cc2)o1. The van der Waals surface area contributed by atoms with Gasteiger partial charge in [0, 0.05) is 27.0 Å². The van der Waals surface area contributed by atoms with E-state index in [2.05, 4.69) is 15.9 Å². The van der Waals surface area contributed by atoms with Crippen molar-refractivity contribution < 1.29 is 18.7 Å². The standard InChI is InChI=1S/C28H20BrClN2O4/c1-16-2-12-26(34-16)23-15-24-22-14-20(30)9-13-25(22)36-27(32(24)31-23)17-5-10-21(11-6-17)35-28(33)18-3-7-19(29)8-4-18/h2-14,24,27H,15H2,1H3/t24-,27+/m1/s1. The van der Waals surface area contributed by atoms with Crippen molar-refractivity contribution in [2.75, 3.05) is 0 Å². The number of halogens is 2. The number of hydrogen-bond donors (Lipinski definition) is 0. The van der Waals surface area contributed by atoms with Gasteiger partial charge in [-0.25, -0.2) is 9.80 Å². The number of aryl methyl sites for hydroxylation is 1. The lowest BCUT2D eigenvalue weighted by Crippen LogP contribution is -2.33. The zero-order valence-corrected chi connectivity index (χ0v) is 21.5. The molecular weight excluding hydrogens is 544 g/mol. The van der Waals surface area contributed by atoms with Crippen LogP contribution in [0.5, 0.6) is 11.5 Å². The normalized spacial score (nSPS) is 18.2. The van der Waals surface area contributed by atoms with Crippen molar-refractivity contribution in [3.05, 3.63) is 117 Å². The second-order valence-electron chi connectivity index (χ2n) is 8.67. The first-order chi connectivity index (χ1) is 17.4. The zero-order valence-electron chi connectivity index (χ0n) is 19.2. The second kappa shape index (κ2) is 9.15. The number of fused-ring (bicyclic) bond motifs is 3. The van der Waals surface area contributed by atoms with Gasteiger partial charge >= 0.3 is 5.97 Å². The van der Waals surface area contributed by atoms with Crippen LogP contribution in [0.2, 0.25) is 5.02 Å². The number of carbonyl (C=O) groups excluding carboxylic acids is 1. The van der Waals surface area contributed by atoms with E-state index in [9.17, 15) is 4.79 Å². The summed E-state index contributed by atoms with van der Waals surface area (Å²) in [5.41, 5.74) is 3.20. The Bertz CT molecular complexity index is 1480. The molecule has 3 aromatic carbocycles. The van der Waals surface area contributed by atoms with Crippen molar-refractivity contribution in [2.24, 2.45) is 5.10 Å². The van der Waals surface area contributed by atoms with Crippen LogP contribution < -0.4 is 9.47 Å². The first kappa shape index (κ1) is 22.9. The highest BCUT2D eigenvalue weighted by Gasteiger charge is 2.41. The van der Waals surface area contributed by atoms with E-state index in [0.717, 1.165) is 38.6 Å². The number of hydrazone groups is 1. The fraction of sp³-hybridized carbons (Fsp3) is 0.143. The van der Waals surface area contributed by atoms with Crippen LogP contribution in [-0.2, 0) is 0 Å². The third-order valence-electron chi connectivity index (χ3n) is 6.23. The van der Waals surface area contributed by atoms with E-state index in [0.29, 0.717) is 22.8 Å². The molecule has 3 heterocycles. The molecule has 0 bridgehead atoms. The van der Waals surface area contributed by atoms with Crippen molar-refractivity contribution in [3.8, 4) is 11.5 Å². The van der Waals surface area contributed by atoms with Crippen molar-refractivity contribution in [3.63, 3.8) is 0 Å². The summed E-state index contributed by atoms with van der Waals surface area (Å²) in [6.07, 6.45) is 0.205. The van der Waals surface area contributed by atoms with E-state index in [1.54, 1.807) is 36.4 Å². The second-order valence-corrected chi connectivity index (χ2v) is 10.0. The van der Waals surface area contributed by atoms with Gasteiger partial charge < -0.3 is 13.9 Å². The quantitative estimate of drug-likeness (QED) is 0.190. The Kier molecular flexibility index (Phi) is 5.82. The van der Waals surface area contributed by atoms with Gasteiger partial charge in [0.25, 0.3) is 0 Å². The number of rotatable bonds is 4.